The van der Waals surface area contributed by atoms with E-state index in [0.29, 0.717) is 0 Å². The van der Waals surface area contributed by atoms with Gasteiger partial charge in [0.15, 0.2) is 0 Å². The fourth-order valence-electron chi connectivity index (χ4n) is 0.118. The molecule has 0 aromatic carbocycles. The lowest BCUT2D eigenvalue weighted by atomic mass is 10.6. The van der Waals surface area contributed by atoms with Crippen LogP contribution < -0.4 is 5.32 Å². The van der Waals surface area contributed by atoms with Crippen molar-refractivity contribution in [3.05, 3.63) is 19.7 Å². The molecular formula is C4H9N. The molecule has 0 aliphatic carbocycles. The molecule has 0 rings (SSSR count). The van der Waals surface area contributed by atoms with E-state index < -0.39 is 0 Å². The van der Waals surface area contributed by atoms with Crippen molar-refractivity contribution in [1.82, 2.24) is 0 Å². The minimum atomic E-state index is 0.917. The van der Waals surface area contributed by atoms with Gasteiger partial charge in [-0.15, -0.1) is 0 Å². The van der Waals surface area contributed by atoms with E-state index in [4.69, 9.17) is 0 Å². The zero-order chi connectivity index (χ0) is 4.12. The van der Waals surface area contributed by atoms with Crippen LogP contribution in [-0.2, 0) is 0 Å². The Balaban J connectivity index is 2.40. The van der Waals surface area contributed by atoms with E-state index in [1.165, 1.54) is 0 Å². The van der Waals surface area contributed by atoms with Crippen LogP contribution >= 0.6 is 0 Å². The monoisotopic (exact) mass is 71.1 g/mol. The maximum Gasteiger partial charge on any atom is 0.0699 e. The largest absolute Gasteiger partial charge is 0.476 e. The van der Waals surface area contributed by atoms with Crippen LogP contribution in [0.1, 0.15) is 0 Å². The van der Waals surface area contributed by atoms with Gasteiger partial charge in [-0.05, 0) is 6.08 Å². The van der Waals surface area contributed by atoms with Crippen molar-refractivity contribution >= 4 is 0 Å². The summed E-state index contributed by atoms with van der Waals surface area (Å²) < 4.78 is 0. The molecule has 0 aromatic heterocycles. The van der Waals surface area contributed by atoms with E-state index in [-0.39, 0.29) is 0 Å². The number of nitrogens with two attached hydrogens (primary N) is 1. The van der Waals surface area contributed by atoms with Gasteiger partial charge in [-0.1, -0.05) is 6.58 Å². The predicted octanol–water partition coefficient (Wildman–Crippen LogP) is -0.473. The molecule has 0 saturated heterocycles. The van der Waals surface area contributed by atoms with Gasteiger partial charge in [0.05, 0.1) is 6.54 Å². The molecule has 2 N–H and O–H groups in total. The predicted molar refractivity (Wildman–Crippen MR) is 22.3 cm³/mol. The van der Waals surface area contributed by atoms with Gasteiger partial charge in [-0.2, -0.15) is 7.05 Å². The molecule has 0 radical (unpaired) electrons. The Bertz CT molecular complexity index is 24.8. The second kappa shape index (κ2) is 3.70. The van der Waals surface area contributed by atoms with Gasteiger partial charge in [-0.3, -0.25) is 0 Å². The molecule has 0 spiro atoms. The Hall–Kier alpha value is -0.300. The van der Waals surface area contributed by atoms with E-state index in [0.717, 1.165) is 6.54 Å². The Morgan fingerprint density at radius 2 is 2.60 bits per heavy atom. The maximum absolute atomic E-state index is 3.48. The third kappa shape index (κ3) is 3.70. The maximum atomic E-state index is 3.48. The molecule has 0 atom stereocenters. The molecule has 0 amide bonds. The van der Waals surface area contributed by atoms with Gasteiger partial charge in [0.25, 0.3) is 0 Å². The van der Waals surface area contributed by atoms with Crippen molar-refractivity contribution in [1.29, 1.82) is 0 Å². The van der Waals surface area contributed by atoms with Crippen LogP contribution in [0.25, 0.3) is 0 Å². The van der Waals surface area contributed by atoms with Crippen LogP contribution in [0.15, 0.2) is 12.7 Å². The molecule has 0 aromatic rings. The van der Waals surface area contributed by atoms with Crippen molar-refractivity contribution in [2.24, 2.45) is 0 Å². The van der Waals surface area contributed by atoms with Gasteiger partial charge in [-0.25, -0.2) is 0 Å². The topological polar surface area (TPSA) is 16.6 Å². The highest BCUT2D eigenvalue weighted by Gasteiger charge is 1.55. The molecule has 0 heterocycles. The Morgan fingerprint density at radius 3 is 2.60 bits per heavy atom. The minimum Gasteiger partial charge on any atom is -0.476 e. The molecule has 0 bridgehead atoms. The van der Waals surface area contributed by atoms with E-state index in [1.54, 1.807) is 0 Å². The van der Waals surface area contributed by atoms with Crippen LogP contribution in [0.2, 0.25) is 0 Å². The Morgan fingerprint density at radius 1 is 2.00 bits per heavy atom. The molecule has 0 saturated carbocycles. The van der Waals surface area contributed by atoms with Gasteiger partial charge >= 0.3 is 0 Å². The van der Waals surface area contributed by atoms with Crippen LogP contribution in [0.5, 0.6) is 0 Å². The van der Waals surface area contributed by atoms with Crippen LogP contribution in [0, 0.1) is 7.05 Å². The first-order valence-corrected chi connectivity index (χ1v) is 1.63. The minimum absolute atomic E-state index is 0.917. The summed E-state index contributed by atoms with van der Waals surface area (Å²) >= 11 is 0. The second-order valence-electron chi connectivity index (χ2n) is 0.813. The van der Waals surface area contributed by atoms with E-state index in [2.05, 4.69) is 13.6 Å². The fraction of sp³-hybridized carbons (Fsp3) is 0.250. The molecule has 0 aliphatic rings. The third-order valence-electron chi connectivity index (χ3n) is 0.333. The van der Waals surface area contributed by atoms with E-state index in [9.17, 15) is 0 Å². The summed E-state index contributed by atoms with van der Waals surface area (Å²) in [5.41, 5.74) is 0. The van der Waals surface area contributed by atoms with Crippen LogP contribution in [0.3, 0.4) is 0 Å². The molecule has 0 unspecified atom stereocenters. The van der Waals surface area contributed by atoms with Crippen molar-refractivity contribution in [2.45, 2.75) is 0 Å². The zero-order valence-corrected chi connectivity index (χ0v) is 3.28. The average Bonchev–Trinajstić information content (AvgIpc) is 1.41. The van der Waals surface area contributed by atoms with Crippen molar-refractivity contribution in [2.75, 3.05) is 6.54 Å². The van der Waals surface area contributed by atoms with Gasteiger partial charge < -0.3 is 5.32 Å². The highest BCUT2D eigenvalue weighted by molar-refractivity contribution is 4.60. The number of hydrogen-bond donors (Lipinski definition) is 1. The SMILES string of the molecule is C=CC[NH2+][CH2-]. The highest BCUT2D eigenvalue weighted by atomic mass is 14.8. The van der Waals surface area contributed by atoms with E-state index in [1.807, 2.05) is 11.4 Å². The Kier molecular flexibility index (Phi) is 3.48. The quantitative estimate of drug-likeness (QED) is 0.335. The molecule has 1 heteroatoms. The number of hydrogen-bond acceptors (Lipinski definition) is 0. The smallest absolute Gasteiger partial charge is 0.0699 e. The van der Waals surface area contributed by atoms with Gasteiger partial charge in [0.2, 0.25) is 0 Å². The number of rotatable bonds is 2. The second-order valence-corrected chi connectivity index (χ2v) is 0.813. The average molecular weight is 71.1 g/mol. The lowest BCUT2D eigenvalue weighted by Gasteiger charge is -1.85. The lowest BCUT2D eigenvalue weighted by molar-refractivity contribution is -0.585. The van der Waals surface area contributed by atoms with Crippen LogP contribution in [0.4, 0.5) is 0 Å². The summed E-state index contributed by atoms with van der Waals surface area (Å²) in [6.45, 7) is 4.40. The summed E-state index contributed by atoms with van der Waals surface area (Å²) in [6, 6.07) is 0. The summed E-state index contributed by atoms with van der Waals surface area (Å²) in [4.78, 5) is 0. The van der Waals surface area contributed by atoms with Crippen molar-refractivity contribution in [3.8, 4) is 0 Å². The zero-order valence-electron chi connectivity index (χ0n) is 3.28. The van der Waals surface area contributed by atoms with Gasteiger partial charge in [0.1, 0.15) is 0 Å². The first-order valence-electron chi connectivity index (χ1n) is 1.63. The highest BCUT2D eigenvalue weighted by Crippen LogP contribution is 1.39. The van der Waals surface area contributed by atoms with E-state index >= 15 is 0 Å². The molecule has 1 nitrogen and oxygen atoms in total. The summed E-state index contributed by atoms with van der Waals surface area (Å²) in [5, 5.41) is 1.81. The molecular weight excluding hydrogens is 62.1 g/mol. The number of quaternary nitrogens is 1. The lowest BCUT2D eigenvalue weighted by Crippen LogP contribution is -2.76. The fourth-order valence-corrected chi connectivity index (χ4v) is 0.118. The van der Waals surface area contributed by atoms with Crippen molar-refractivity contribution in [3.63, 3.8) is 0 Å². The van der Waals surface area contributed by atoms with Gasteiger partial charge in [0, 0.05) is 0 Å². The molecule has 0 fully saturated rings. The standard InChI is InChI=1S/C4H9N/c1-3-4-5-2/h3H,1-2,4-5H2. The Labute approximate surface area is 32.7 Å². The first kappa shape index (κ1) is 4.70. The molecule has 30 valence electrons. The third-order valence-corrected chi connectivity index (χ3v) is 0.333. The first-order chi connectivity index (χ1) is 2.41. The van der Waals surface area contributed by atoms with Crippen LogP contribution in [-0.4, -0.2) is 6.54 Å². The summed E-state index contributed by atoms with van der Waals surface area (Å²) in [5.74, 6) is 0. The summed E-state index contributed by atoms with van der Waals surface area (Å²) in [7, 11) is 3.48. The molecule has 5 heavy (non-hydrogen) atoms. The summed E-state index contributed by atoms with van der Waals surface area (Å²) in [6.07, 6.45) is 1.81. The molecule has 0 aliphatic heterocycles. The van der Waals surface area contributed by atoms with Crippen molar-refractivity contribution < 1.29 is 5.32 Å². The normalized spacial score (nSPS) is 7.40.